The molecule has 2 atom stereocenters. The number of carbonyl (C=O) groups is 1. The first-order chi connectivity index (χ1) is 14.7. The van der Waals surface area contributed by atoms with E-state index in [1.807, 2.05) is 4.72 Å². The number of nitrogens with one attached hydrogen (secondary N) is 2. The standard InChI is InChI=1S/C19H29F2N5O4S/c20-16(21)10-24-31(29,30)15-9-23-17(8-14(15)26-7-6-13(26)11-27)25-19(28)18(22)12-4-2-1-3-5-12/h8-9,12-13,16,18,24,27H,1-7,10-11,22H2,(H,23,25,28)/t13-,18-/m0/s1. The predicted octanol–water partition coefficient (Wildman–Crippen LogP) is 1.04. The Morgan fingerprint density at radius 1 is 1.29 bits per heavy atom. The van der Waals surface area contributed by atoms with Crippen molar-refractivity contribution in [2.24, 2.45) is 11.7 Å². The number of alkyl halides is 2. The first kappa shape index (κ1) is 23.8. The second-order valence-electron chi connectivity index (χ2n) is 8.01. The van der Waals surface area contributed by atoms with Crippen LogP contribution >= 0.6 is 0 Å². The molecule has 0 bridgehead atoms. The topological polar surface area (TPSA) is 138 Å². The van der Waals surface area contributed by atoms with Crippen molar-refractivity contribution in [3.8, 4) is 0 Å². The molecule has 1 aromatic heterocycles. The highest BCUT2D eigenvalue weighted by atomic mass is 32.2. The number of hydrogen-bond acceptors (Lipinski definition) is 7. The van der Waals surface area contributed by atoms with Crippen molar-refractivity contribution in [3.63, 3.8) is 0 Å². The summed E-state index contributed by atoms with van der Waals surface area (Å²) in [5, 5.41) is 12.2. The highest BCUT2D eigenvalue weighted by molar-refractivity contribution is 7.89. The van der Waals surface area contributed by atoms with Gasteiger partial charge < -0.3 is 21.1 Å². The van der Waals surface area contributed by atoms with Gasteiger partial charge in [-0.25, -0.2) is 26.9 Å². The van der Waals surface area contributed by atoms with Crippen LogP contribution < -0.4 is 20.7 Å². The fourth-order valence-corrected chi connectivity index (χ4v) is 5.19. The number of rotatable bonds is 9. The number of amides is 1. The lowest BCUT2D eigenvalue weighted by Crippen LogP contribution is -2.50. The summed E-state index contributed by atoms with van der Waals surface area (Å²) in [6, 6.07) is 0.375. The lowest BCUT2D eigenvalue weighted by Gasteiger charge is -2.42. The third kappa shape index (κ3) is 5.68. The first-order valence-electron chi connectivity index (χ1n) is 10.4. The summed E-state index contributed by atoms with van der Waals surface area (Å²) in [5.41, 5.74) is 6.31. The Balaban J connectivity index is 1.83. The maximum absolute atomic E-state index is 12.6. The van der Waals surface area contributed by atoms with Crippen molar-refractivity contribution < 1.29 is 27.1 Å². The minimum absolute atomic E-state index is 0.0839. The van der Waals surface area contributed by atoms with Gasteiger partial charge in [-0.15, -0.1) is 0 Å². The van der Waals surface area contributed by atoms with Crippen LogP contribution in [0.3, 0.4) is 0 Å². The van der Waals surface area contributed by atoms with Gasteiger partial charge >= 0.3 is 0 Å². The molecule has 3 rings (SSSR count). The molecule has 1 aromatic rings. The van der Waals surface area contributed by atoms with Crippen LogP contribution in [0.5, 0.6) is 0 Å². The van der Waals surface area contributed by atoms with Gasteiger partial charge in [-0.1, -0.05) is 19.3 Å². The lowest BCUT2D eigenvalue weighted by molar-refractivity contribution is -0.118. The molecule has 0 radical (unpaired) electrons. The number of anilines is 2. The largest absolute Gasteiger partial charge is 0.394 e. The van der Waals surface area contributed by atoms with E-state index in [0.29, 0.717) is 13.0 Å². The Hall–Kier alpha value is -1.89. The Labute approximate surface area is 180 Å². The summed E-state index contributed by atoms with van der Waals surface area (Å²) in [5.74, 6) is -0.206. The minimum atomic E-state index is -4.27. The van der Waals surface area contributed by atoms with Gasteiger partial charge in [-0.3, -0.25) is 4.79 Å². The number of sulfonamides is 1. The summed E-state index contributed by atoms with van der Waals surface area (Å²) in [4.78, 5) is 18.0. The molecule has 1 saturated heterocycles. The molecule has 174 valence electrons. The summed E-state index contributed by atoms with van der Waals surface area (Å²) >= 11 is 0. The summed E-state index contributed by atoms with van der Waals surface area (Å²) in [7, 11) is -4.27. The summed E-state index contributed by atoms with van der Waals surface area (Å²) in [6.45, 7) is -0.748. The molecule has 2 heterocycles. The van der Waals surface area contributed by atoms with E-state index >= 15 is 0 Å². The number of aromatic nitrogens is 1. The van der Waals surface area contributed by atoms with Gasteiger partial charge in [0.15, 0.2) is 0 Å². The Bertz CT molecular complexity index is 878. The van der Waals surface area contributed by atoms with Crippen molar-refractivity contribution in [2.45, 2.75) is 61.9 Å². The van der Waals surface area contributed by atoms with Gasteiger partial charge in [0, 0.05) is 12.6 Å². The van der Waals surface area contributed by atoms with Crippen LogP contribution in [0.15, 0.2) is 17.2 Å². The van der Waals surface area contributed by atoms with Crippen LogP contribution in [0.25, 0.3) is 0 Å². The van der Waals surface area contributed by atoms with Crippen molar-refractivity contribution >= 4 is 27.4 Å². The Morgan fingerprint density at radius 3 is 2.58 bits per heavy atom. The molecule has 2 aliphatic rings. The van der Waals surface area contributed by atoms with E-state index in [-0.39, 0.29) is 35.0 Å². The highest BCUT2D eigenvalue weighted by Gasteiger charge is 2.33. The monoisotopic (exact) mass is 461 g/mol. The number of nitrogens with two attached hydrogens (primary N) is 1. The molecule has 1 saturated carbocycles. The molecule has 12 heteroatoms. The number of aliphatic hydroxyl groups is 1. The van der Waals surface area contributed by atoms with Crippen LogP contribution in [0.4, 0.5) is 20.3 Å². The van der Waals surface area contributed by atoms with Crippen LogP contribution in [0.1, 0.15) is 38.5 Å². The number of pyridine rings is 1. The van der Waals surface area contributed by atoms with Crippen LogP contribution in [0.2, 0.25) is 0 Å². The van der Waals surface area contributed by atoms with Crippen LogP contribution in [-0.4, -0.2) is 62.6 Å². The molecule has 5 N–H and O–H groups in total. The zero-order valence-electron chi connectivity index (χ0n) is 17.1. The molecule has 1 aliphatic heterocycles. The molecule has 0 unspecified atom stereocenters. The fourth-order valence-electron chi connectivity index (χ4n) is 4.05. The smallest absolute Gasteiger partial charge is 0.251 e. The van der Waals surface area contributed by atoms with E-state index in [1.54, 1.807) is 4.90 Å². The molecule has 0 aromatic carbocycles. The van der Waals surface area contributed by atoms with E-state index < -0.39 is 34.9 Å². The fraction of sp³-hybridized carbons (Fsp3) is 0.684. The maximum atomic E-state index is 12.6. The predicted molar refractivity (Wildman–Crippen MR) is 111 cm³/mol. The van der Waals surface area contributed by atoms with E-state index in [0.717, 1.165) is 38.3 Å². The second-order valence-corrected chi connectivity index (χ2v) is 9.75. The number of nitrogens with zero attached hydrogens (tertiary/aromatic N) is 2. The average molecular weight is 462 g/mol. The summed E-state index contributed by atoms with van der Waals surface area (Å²) < 4.78 is 52.0. The van der Waals surface area contributed by atoms with Crippen molar-refractivity contribution in [1.82, 2.24) is 9.71 Å². The number of aliphatic hydroxyl groups excluding tert-OH is 1. The maximum Gasteiger partial charge on any atom is 0.251 e. The highest BCUT2D eigenvalue weighted by Crippen LogP contribution is 2.34. The SMILES string of the molecule is N[C@H](C(=O)Nc1cc(N2CC[C@H]2CO)c(S(=O)(=O)NCC(F)F)cn1)C1CCCCC1. The van der Waals surface area contributed by atoms with E-state index in [9.17, 15) is 27.1 Å². The normalized spacial score (nSPS) is 21.1. The van der Waals surface area contributed by atoms with Gasteiger partial charge in [-0.05, 0) is 25.2 Å². The van der Waals surface area contributed by atoms with Gasteiger partial charge in [0.2, 0.25) is 15.9 Å². The third-order valence-electron chi connectivity index (χ3n) is 5.94. The molecule has 1 amide bonds. The van der Waals surface area contributed by atoms with Gasteiger partial charge in [0.05, 0.1) is 37.1 Å². The van der Waals surface area contributed by atoms with Crippen LogP contribution in [0, 0.1) is 5.92 Å². The van der Waals surface area contributed by atoms with Crippen molar-refractivity contribution in [2.75, 3.05) is 29.9 Å². The molecule has 9 nitrogen and oxygen atoms in total. The van der Waals surface area contributed by atoms with Crippen molar-refractivity contribution in [1.29, 1.82) is 0 Å². The molecule has 2 fully saturated rings. The third-order valence-corrected chi connectivity index (χ3v) is 7.38. The molecular formula is C19H29F2N5O4S. The Kier molecular flexibility index (Phi) is 7.78. The Morgan fingerprint density at radius 2 is 2.00 bits per heavy atom. The van der Waals surface area contributed by atoms with E-state index in [4.69, 9.17) is 5.73 Å². The first-order valence-corrected chi connectivity index (χ1v) is 11.9. The van der Waals surface area contributed by atoms with E-state index in [2.05, 4.69) is 10.3 Å². The molecule has 1 aliphatic carbocycles. The van der Waals surface area contributed by atoms with E-state index in [1.165, 1.54) is 6.07 Å². The van der Waals surface area contributed by atoms with Crippen molar-refractivity contribution in [3.05, 3.63) is 12.3 Å². The lowest BCUT2D eigenvalue weighted by atomic mass is 9.84. The van der Waals surface area contributed by atoms with Gasteiger partial charge in [0.1, 0.15) is 10.7 Å². The quantitative estimate of drug-likeness (QED) is 0.431. The molecule has 0 spiro atoms. The number of hydrogen-bond donors (Lipinski definition) is 4. The zero-order valence-corrected chi connectivity index (χ0v) is 18.0. The minimum Gasteiger partial charge on any atom is -0.394 e. The van der Waals surface area contributed by atoms with Crippen LogP contribution in [-0.2, 0) is 14.8 Å². The summed E-state index contributed by atoms with van der Waals surface area (Å²) in [6.07, 6.45) is 3.79. The number of halogens is 2. The second kappa shape index (κ2) is 10.2. The molecule has 31 heavy (non-hydrogen) atoms. The van der Waals surface area contributed by atoms with Gasteiger partial charge in [-0.2, -0.15) is 0 Å². The number of carbonyl (C=O) groups excluding carboxylic acids is 1. The average Bonchev–Trinajstić information content (AvgIpc) is 2.72. The molecular weight excluding hydrogens is 432 g/mol. The zero-order chi connectivity index (χ0) is 22.6. The van der Waals surface area contributed by atoms with Gasteiger partial charge in [0.25, 0.3) is 6.43 Å².